The molecule has 1 atom stereocenters. The van der Waals surface area contributed by atoms with Crippen LogP contribution < -0.4 is 5.32 Å². The van der Waals surface area contributed by atoms with Gasteiger partial charge in [0.1, 0.15) is 0 Å². The SMILES string of the molecule is CCC(Nc1ccc(C#N)cc1)C1CCCCC1. The van der Waals surface area contributed by atoms with Crippen molar-refractivity contribution in [3.05, 3.63) is 29.8 Å². The second-order valence-electron chi connectivity index (χ2n) is 5.25. The quantitative estimate of drug-likeness (QED) is 0.853. The molecule has 0 aliphatic heterocycles. The van der Waals surface area contributed by atoms with E-state index in [1.165, 1.54) is 38.5 Å². The molecule has 0 saturated heterocycles. The van der Waals surface area contributed by atoms with Gasteiger partial charge in [0.15, 0.2) is 0 Å². The Labute approximate surface area is 110 Å². The summed E-state index contributed by atoms with van der Waals surface area (Å²) in [5.74, 6) is 0.819. The lowest BCUT2D eigenvalue weighted by Crippen LogP contribution is -2.30. The number of nitrogens with zero attached hydrogens (tertiary/aromatic N) is 1. The molecule has 1 unspecified atom stereocenters. The first kappa shape index (κ1) is 13.0. The smallest absolute Gasteiger partial charge is 0.0991 e. The average molecular weight is 242 g/mol. The molecule has 0 heterocycles. The van der Waals surface area contributed by atoms with Crippen LogP contribution >= 0.6 is 0 Å². The van der Waals surface area contributed by atoms with Crippen molar-refractivity contribution < 1.29 is 0 Å². The highest BCUT2D eigenvalue weighted by atomic mass is 14.9. The highest BCUT2D eigenvalue weighted by molar-refractivity contribution is 5.47. The molecule has 1 aliphatic carbocycles. The summed E-state index contributed by atoms with van der Waals surface area (Å²) in [4.78, 5) is 0. The highest BCUT2D eigenvalue weighted by Crippen LogP contribution is 2.29. The van der Waals surface area contributed by atoms with Gasteiger partial charge in [-0.05, 0) is 49.4 Å². The largest absolute Gasteiger partial charge is 0.382 e. The minimum Gasteiger partial charge on any atom is -0.382 e. The van der Waals surface area contributed by atoms with Crippen molar-refractivity contribution in [2.75, 3.05) is 5.32 Å². The highest BCUT2D eigenvalue weighted by Gasteiger charge is 2.21. The van der Waals surface area contributed by atoms with Gasteiger partial charge in [-0.25, -0.2) is 0 Å². The van der Waals surface area contributed by atoms with Crippen molar-refractivity contribution >= 4 is 5.69 Å². The van der Waals surface area contributed by atoms with Crippen molar-refractivity contribution in [3.63, 3.8) is 0 Å². The number of benzene rings is 1. The number of rotatable bonds is 4. The number of nitriles is 1. The van der Waals surface area contributed by atoms with Crippen molar-refractivity contribution in [2.45, 2.75) is 51.5 Å². The van der Waals surface area contributed by atoms with Gasteiger partial charge >= 0.3 is 0 Å². The molecular weight excluding hydrogens is 220 g/mol. The lowest BCUT2D eigenvalue weighted by molar-refractivity contribution is 0.313. The Morgan fingerprint density at radius 1 is 1.22 bits per heavy atom. The molecule has 0 bridgehead atoms. The summed E-state index contributed by atoms with van der Waals surface area (Å²) in [6.07, 6.45) is 8.07. The Hall–Kier alpha value is -1.49. The number of anilines is 1. The summed E-state index contributed by atoms with van der Waals surface area (Å²) in [6, 6.07) is 10.5. The van der Waals surface area contributed by atoms with Crippen LogP contribution in [0.4, 0.5) is 5.69 Å². The summed E-state index contributed by atoms with van der Waals surface area (Å²) in [5.41, 5.74) is 1.87. The molecule has 1 fully saturated rings. The summed E-state index contributed by atoms with van der Waals surface area (Å²) in [7, 11) is 0. The maximum atomic E-state index is 8.79. The topological polar surface area (TPSA) is 35.8 Å². The van der Waals surface area contributed by atoms with Gasteiger partial charge < -0.3 is 5.32 Å². The minimum absolute atomic E-state index is 0.582. The molecule has 0 amide bonds. The van der Waals surface area contributed by atoms with E-state index in [1.54, 1.807) is 0 Å². The summed E-state index contributed by atoms with van der Waals surface area (Å²) in [5, 5.41) is 12.4. The number of hydrogen-bond acceptors (Lipinski definition) is 2. The third-order valence-corrected chi connectivity index (χ3v) is 4.02. The van der Waals surface area contributed by atoms with Crippen LogP contribution in [0, 0.1) is 17.2 Å². The Balaban J connectivity index is 1.98. The summed E-state index contributed by atoms with van der Waals surface area (Å²) >= 11 is 0. The molecule has 1 aromatic rings. The Kier molecular flexibility index (Phi) is 4.64. The average Bonchev–Trinajstić information content (AvgIpc) is 2.46. The van der Waals surface area contributed by atoms with E-state index < -0.39 is 0 Å². The molecule has 2 heteroatoms. The van der Waals surface area contributed by atoms with Crippen molar-refractivity contribution in [2.24, 2.45) is 5.92 Å². The Morgan fingerprint density at radius 3 is 2.44 bits per heavy atom. The molecule has 18 heavy (non-hydrogen) atoms. The molecule has 1 aromatic carbocycles. The van der Waals surface area contributed by atoms with Gasteiger partial charge in [-0.15, -0.1) is 0 Å². The summed E-state index contributed by atoms with van der Waals surface area (Å²) < 4.78 is 0. The molecule has 0 spiro atoms. The third-order valence-electron chi connectivity index (χ3n) is 4.02. The van der Waals surface area contributed by atoms with Crippen molar-refractivity contribution in [1.29, 1.82) is 5.26 Å². The van der Waals surface area contributed by atoms with Crippen molar-refractivity contribution in [1.82, 2.24) is 0 Å². The van der Waals surface area contributed by atoms with Crippen LogP contribution in [0.25, 0.3) is 0 Å². The van der Waals surface area contributed by atoms with Gasteiger partial charge in [0.2, 0.25) is 0 Å². The standard InChI is InChI=1S/C16H22N2/c1-2-16(14-6-4-3-5-7-14)18-15-10-8-13(12-17)9-11-15/h8-11,14,16,18H,2-7H2,1H3. The van der Waals surface area contributed by atoms with Gasteiger partial charge in [0.25, 0.3) is 0 Å². The molecule has 1 N–H and O–H groups in total. The van der Waals surface area contributed by atoms with Crippen LogP contribution in [-0.4, -0.2) is 6.04 Å². The van der Waals surface area contributed by atoms with E-state index >= 15 is 0 Å². The van der Waals surface area contributed by atoms with E-state index in [9.17, 15) is 0 Å². The fourth-order valence-corrected chi connectivity index (χ4v) is 2.94. The lowest BCUT2D eigenvalue weighted by Gasteiger charge is -2.31. The van der Waals surface area contributed by atoms with Gasteiger partial charge in [-0.1, -0.05) is 26.2 Å². The predicted octanol–water partition coefficient (Wildman–Crippen LogP) is 4.33. The van der Waals surface area contributed by atoms with E-state index in [2.05, 4.69) is 18.3 Å². The van der Waals surface area contributed by atoms with E-state index in [-0.39, 0.29) is 0 Å². The van der Waals surface area contributed by atoms with E-state index in [0.29, 0.717) is 6.04 Å². The van der Waals surface area contributed by atoms with Crippen LogP contribution in [0.5, 0.6) is 0 Å². The summed E-state index contributed by atoms with van der Waals surface area (Å²) in [6.45, 7) is 2.26. The monoisotopic (exact) mass is 242 g/mol. The van der Waals surface area contributed by atoms with E-state index in [1.807, 2.05) is 24.3 Å². The van der Waals surface area contributed by atoms with Gasteiger partial charge in [0, 0.05) is 11.7 Å². The molecule has 0 radical (unpaired) electrons. The van der Waals surface area contributed by atoms with Crippen LogP contribution in [0.2, 0.25) is 0 Å². The molecule has 96 valence electrons. The first-order chi connectivity index (χ1) is 8.83. The van der Waals surface area contributed by atoms with Crippen LogP contribution in [0.3, 0.4) is 0 Å². The predicted molar refractivity (Wildman–Crippen MR) is 75.4 cm³/mol. The maximum absolute atomic E-state index is 8.79. The van der Waals surface area contributed by atoms with Crippen LogP contribution in [0.15, 0.2) is 24.3 Å². The lowest BCUT2D eigenvalue weighted by atomic mass is 9.83. The number of nitrogens with one attached hydrogen (secondary N) is 1. The first-order valence-electron chi connectivity index (χ1n) is 7.10. The van der Waals surface area contributed by atoms with E-state index in [4.69, 9.17) is 5.26 Å². The number of hydrogen-bond donors (Lipinski definition) is 1. The molecule has 0 aromatic heterocycles. The van der Waals surface area contributed by atoms with Crippen molar-refractivity contribution in [3.8, 4) is 6.07 Å². The minimum atomic E-state index is 0.582. The molecule has 1 aliphatic rings. The molecular formula is C16H22N2. The van der Waals surface area contributed by atoms with Gasteiger partial charge in [0.05, 0.1) is 11.6 Å². The zero-order chi connectivity index (χ0) is 12.8. The van der Waals surface area contributed by atoms with Crippen LogP contribution in [-0.2, 0) is 0 Å². The second-order valence-corrected chi connectivity index (χ2v) is 5.25. The maximum Gasteiger partial charge on any atom is 0.0991 e. The zero-order valence-electron chi connectivity index (χ0n) is 11.2. The van der Waals surface area contributed by atoms with Gasteiger partial charge in [-0.2, -0.15) is 5.26 Å². The zero-order valence-corrected chi connectivity index (χ0v) is 11.2. The first-order valence-corrected chi connectivity index (χ1v) is 7.10. The fourth-order valence-electron chi connectivity index (χ4n) is 2.94. The fraction of sp³-hybridized carbons (Fsp3) is 0.562. The van der Waals surface area contributed by atoms with Crippen LogP contribution in [0.1, 0.15) is 51.0 Å². The molecule has 1 saturated carbocycles. The Bertz CT molecular complexity index is 396. The molecule has 2 nitrogen and oxygen atoms in total. The second kappa shape index (κ2) is 6.44. The Morgan fingerprint density at radius 2 is 1.89 bits per heavy atom. The van der Waals surface area contributed by atoms with E-state index in [0.717, 1.165) is 17.2 Å². The van der Waals surface area contributed by atoms with Gasteiger partial charge in [-0.3, -0.25) is 0 Å². The molecule has 2 rings (SSSR count). The normalized spacial score (nSPS) is 18.0. The third kappa shape index (κ3) is 3.26.